The predicted octanol–water partition coefficient (Wildman–Crippen LogP) is 1.33. The molecule has 0 aliphatic heterocycles. The first-order valence-corrected chi connectivity index (χ1v) is 5.24. The molecule has 1 N–H and O–H groups in total. The Bertz CT molecular complexity index is 486. The van der Waals surface area contributed by atoms with Crippen molar-refractivity contribution < 1.29 is 0 Å². The van der Waals surface area contributed by atoms with Crippen molar-refractivity contribution in [2.75, 3.05) is 5.32 Å². The highest BCUT2D eigenvalue weighted by Gasteiger charge is 2.19. The third-order valence-electron chi connectivity index (χ3n) is 2.98. The van der Waals surface area contributed by atoms with E-state index in [9.17, 15) is 0 Å². The molecule has 0 amide bonds. The molecule has 0 spiro atoms. The lowest BCUT2D eigenvalue weighted by atomic mass is 9.93. The van der Waals surface area contributed by atoms with Crippen molar-refractivity contribution in [3.05, 3.63) is 12.5 Å². The molecule has 0 aromatic carbocycles. The van der Waals surface area contributed by atoms with E-state index in [-0.39, 0.29) is 0 Å². The Balaban J connectivity index is 2.01. The molecule has 78 valence electrons. The second-order valence-electron chi connectivity index (χ2n) is 4.00. The molecule has 5 heteroatoms. The molecule has 2 aromatic heterocycles. The summed E-state index contributed by atoms with van der Waals surface area (Å²) in [6.45, 7) is 0. The van der Waals surface area contributed by atoms with Crippen LogP contribution >= 0.6 is 0 Å². The zero-order valence-electron chi connectivity index (χ0n) is 8.64. The maximum Gasteiger partial charge on any atom is 0.163 e. The number of nitrogens with one attached hydrogen (secondary N) is 1. The molecular formula is C10H13N5. The van der Waals surface area contributed by atoms with Crippen LogP contribution in [-0.2, 0) is 7.05 Å². The van der Waals surface area contributed by atoms with Crippen LogP contribution in [-0.4, -0.2) is 25.8 Å². The van der Waals surface area contributed by atoms with Crippen LogP contribution in [0.15, 0.2) is 12.5 Å². The van der Waals surface area contributed by atoms with Gasteiger partial charge in [0, 0.05) is 13.1 Å². The topological polar surface area (TPSA) is 55.6 Å². The van der Waals surface area contributed by atoms with Crippen molar-refractivity contribution in [2.45, 2.75) is 25.3 Å². The maximum atomic E-state index is 4.27. The van der Waals surface area contributed by atoms with E-state index in [1.165, 1.54) is 19.3 Å². The molecule has 1 aliphatic rings. The molecule has 0 unspecified atom stereocenters. The number of hydrogen-bond donors (Lipinski definition) is 1. The van der Waals surface area contributed by atoms with Crippen molar-refractivity contribution >= 4 is 16.9 Å². The summed E-state index contributed by atoms with van der Waals surface area (Å²) in [6.07, 6.45) is 7.21. The fourth-order valence-electron chi connectivity index (χ4n) is 1.82. The summed E-state index contributed by atoms with van der Waals surface area (Å²) in [6, 6.07) is 0.586. The molecule has 0 saturated heterocycles. The van der Waals surface area contributed by atoms with Crippen LogP contribution in [0.5, 0.6) is 0 Å². The summed E-state index contributed by atoms with van der Waals surface area (Å²) >= 11 is 0. The van der Waals surface area contributed by atoms with Gasteiger partial charge in [0.2, 0.25) is 0 Å². The minimum absolute atomic E-state index is 0.586. The number of anilines is 1. The van der Waals surface area contributed by atoms with Crippen LogP contribution in [0.25, 0.3) is 11.0 Å². The normalized spacial score (nSPS) is 16.6. The smallest absolute Gasteiger partial charge is 0.163 e. The molecular weight excluding hydrogens is 190 g/mol. The van der Waals surface area contributed by atoms with E-state index in [0.717, 1.165) is 16.9 Å². The van der Waals surface area contributed by atoms with Crippen molar-refractivity contribution in [3.63, 3.8) is 0 Å². The Morgan fingerprint density at radius 3 is 3.00 bits per heavy atom. The molecule has 0 radical (unpaired) electrons. The largest absolute Gasteiger partial charge is 0.367 e. The highest BCUT2D eigenvalue weighted by atomic mass is 15.3. The van der Waals surface area contributed by atoms with Gasteiger partial charge in [-0.25, -0.2) is 9.97 Å². The summed E-state index contributed by atoms with van der Waals surface area (Å²) in [4.78, 5) is 8.47. The van der Waals surface area contributed by atoms with Gasteiger partial charge >= 0.3 is 0 Å². The van der Waals surface area contributed by atoms with E-state index in [1.54, 1.807) is 11.0 Å². The minimum atomic E-state index is 0.586. The molecule has 1 fully saturated rings. The molecule has 1 aliphatic carbocycles. The van der Waals surface area contributed by atoms with Gasteiger partial charge in [0.25, 0.3) is 0 Å². The van der Waals surface area contributed by atoms with Crippen LogP contribution in [0.3, 0.4) is 0 Å². The summed E-state index contributed by atoms with van der Waals surface area (Å²) in [5.74, 6) is 0.915. The fraction of sp³-hybridized carbons (Fsp3) is 0.500. The molecule has 1 saturated carbocycles. The van der Waals surface area contributed by atoms with Crippen molar-refractivity contribution in [2.24, 2.45) is 7.05 Å². The van der Waals surface area contributed by atoms with Gasteiger partial charge in [-0.2, -0.15) is 5.10 Å². The van der Waals surface area contributed by atoms with Gasteiger partial charge in [-0.1, -0.05) is 0 Å². The first kappa shape index (κ1) is 8.64. The summed E-state index contributed by atoms with van der Waals surface area (Å²) in [7, 11) is 1.89. The van der Waals surface area contributed by atoms with Crippen molar-refractivity contribution in [1.29, 1.82) is 0 Å². The Labute approximate surface area is 87.5 Å². The van der Waals surface area contributed by atoms with E-state index >= 15 is 0 Å². The number of aromatic nitrogens is 4. The molecule has 0 atom stereocenters. The van der Waals surface area contributed by atoms with E-state index in [0.29, 0.717) is 6.04 Å². The van der Waals surface area contributed by atoms with Gasteiger partial charge in [0.15, 0.2) is 5.65 Å². The zero-order valence-corrected chi connectivity index (χ0v) is 8.64. The van der Waals surface area contributed by atoms with Crippen molar-refractivity contribution in [3.8, 4) is 0 Å². The van der Waals surface area contributed by atoms with Gasteiger partial charge in [-0.15, -0.1) is 0 Å². The monoisotopic (exact) mass is 203 g/mol. The molecule has 2 heterocycles. The average molecular weight is 203 g/mol. The maximum absolute atomic E-state index is 4.27. The van der Waals surface area contributed by atoms with Crippen LogP contribution in [0.2, 0.25) is 0 Å². The van der Waals surface area contributed by atoms with Crippen LogP contribution < -0.4 is 5.32 Å². The van der Waals surface area contributed by atoms with Gasteiger partial charge in [-0.05, 0) is 19.3 Å². The second-order valence-corrected chi connectivity index (χ2v) is 4.00. The van der Waals surface area contributed by atoms with Crippen LogP contribution in [0.1, 0.15) is 19.3 Å². The lowest BCUT2D eigenvalue weighted by molar-refractivity contribution is 0.445. The molecule has 2 aromatic rings. The first-order chi connectivity index (χ1) is 7.34. The van der Waals surface area contributed by atoms with E-state index in [2.05, 4.69) is 20.4 Å². The lowest BCUT2D eigenvalue weighted by Gasteiger charge is -2.26. The second kappa shape index (κ2) is 3.18. The summed E-state index contributed by atoms with van der Waals surface area (Å²) in [5, 5.41) is 8.62. The minimum Gasteiger partial charge on any atom is -0.367 e. The average Bonchev–Trinajstić information content (AvgIpc) is 2.55. The Morgan fingerprint density at radius 2 is 2.27 bits per heavy atom. The van der Waals surface area contributed by atoms with Gasteiger partial charge in [-0.3, -0.25) is 4.68 Å². The number of rotatable bonds is 2. The Morgan fingerprint density at radius 1 is 1.40 bits per heavy atom. The van der Waals surface area contributed by atoms with Gasteiger partial charge in [0.1, 0.15) is 12.1 Å². The highest BCUT2D eigenvalue weighted by molar-refractivity contribution is 5.86. The Hall–Kier alpha value is -1.65. The van der Waals surface area contributed by atoms with Gasteiger partial charge in [0.05, 0.1) is 11.6 Å². The molecule has 5 nitrogen and oxygen atoms in total. The standard InChI is InChI=1S/C10H13N5/c1-15-10-8(5-13-15)9(11-6-12-10)14-7-3-2-4-7/h5-7H,2-4H2,1H3,(H,11,12,14). The zero-order chi connectivity index (χ0) is 10.3. The Kier molecular flexibility index (Phi) is 1.83. The van der Waals surface area contributed by atoms with E-state index in [4.69, 9.17) is 0 Å². The lowest BCUT2D eigenvalue weighted by Crippen LogP contribution is -2.27. The third kappa shape index (κ3) is 1.35. The van der Waals surface area contributed by atoms with Crippen LogP contribution in [0.4, 0.5) is 5.82 Å². The SMILES string of the molecule is Cn1ncc2c(NC3CCC3)ncnc21. The summed E-state index contributed by atoms with van der Waals surface area (Å²) in [5.41, 5.74) is 0.881. The number of nitrogens with zero attached hydrogens (tertiary/aromatic N) is 4. The third-order valence-corrected chi connectivity index (χ3v) is 2.98. The van der Waals surface area contributed by atoms with Crippen LogP contribution in [0, 0.1) is 0 Å². The quantitative estimate of drug-likeness (QED) is 0.800. The molecule has 15 heavy (non-hydrogen) atoms. The number of fused-ring (bicyclic) bond motifs is 1. The highest BCUT2D eigenvalue weighted by Crippen LogP contribution is 2.25. The van der Waals surface area contributed by atoms with E-state index < -0.39 is 0 Å². The van der Waals surface area contributed by atoms with Gasteiger partial charge < -0.3 is 5.32 Å². The van der Waals surface area contributed by atoms with Crippen molar-refractivity contribution in [1.82, 2.24) is 19.7 Å². The number of hydrogen-bond acceptors (Lipinski definition) is 4. The number of aryl methyl sites for hydroxylation is 1. The fourth-order valence-corrected chi connectivity index (χ4v) is 1.82. The summed E-state index contributed by atoms with van der Waals surface area (Å²) < 4.78 is 1.77. The first-order valence-electron chi connectivity index (χ1n) is 5.24. The van der Waals surface area contributed by atoms with E-state index in [1.807, 2.05) is 13.2 Å². The predicted molar refractivity (Wildman–Crippen MR) is 57.6 cm³/mol. The molecule has 0 bridgehead atoms. The molecule has 3 rings (SSSR count).